The summed E-state index contributed by atoms with van der Waals surface area (Å²) in [5.41, 5.74) is 5.42. The van der Waals surface area contributed by atoms with E-state index in [4.69, 9.17) is 5.73 Å². The summed E-state index contributed by atoms with van der Waals surface area (Å²) in [5, 5.41) is 61.6. The molecule has 15 N–H and O–H groups in total. The standard InChI is InChI=1S/C44H78N10O15S/c1-12-23(8)34(50-29(57)18-45)41(65)51-32(21(4)5)40(64)49-26(13-14-31(59)60)37(61)46-19-30(58)47-28(17-20(2)3)39(63)48-27(15-16-70-11)38(62)53-35(24(9)55)43(67)54-36(25(10)56)42(66)52-33(22(6)7)44(68)69/h20-28,32-36,55-56H,12-19,45H2,1-11H3,(H,46,61)(H,47,58)(H,48,63)(H,49,64)(H,50,57)(H,51,65)(H,52,66)(H,53,62)(H,54,67)(H,59,60)(H,68,69)/t23-,24+,25+,26-,27-,28-,32-,33-,34-,35-,36-/m0/s1. The smallest absolute Gasteiger partial charge is 0.326 e. The van der Waals surface area contributed by atoms with E-state index < -0.39 is 157 Å². The molecule has 0 spiro atoms. The highest BCUT2D eigenvalue weighted by atomic mass is 32.2. The predicted molar refractivity (Wildman–Crippen MR) is 257 cm³/mol. The molecule has 11 atom stereocenters. The SMILES string of the molecule is CC[C@H](C)[C@H](NC(=O)CN)C(=O)N[C@H](C(=O)N[C@@H](CCC(=O)O)C(=O)NCC(=O)N[C@@H](CC(C)C)C(=O)N[C@@H](CCSC)C(=O)N[C@H](C(=O)N[C@H](C(=O)N[C@H](C(=O)O)C(C)C)[C@@H](C)O)[C@@H](C)O)C(C)C. The lowest BCUT2D eigenvalue weighted by Crippen LogP contribution is -2.63. The van der Waals surface area contributed by atoms with Gasteiger partial charge in [-0.2, -0.15) is 11.8 Å². The molecule has 0 aromatic heterocycles. The van der Waals surface area contributed by atoms with Crippen LogP contribution in [-0.2, 0) is 52.7 Å². The molecule has 0 rings (SSSR count). The minimum absolute atomic E-state index is 0.0101. The number of aliphatic carboxylic acids is 2. The van der Waals surface area contributed by atoms with Gasteiger partial charge in [-0.3, -0.25) is 47.9 Å². The lowest BCUT2D eigenvalue weighted by molar-refractivity contribution is -0.144. The molecule has 0 radical (unpaired) electrons. The van der Waals surface area contributed by atoms with Gasteiger partial charge >= 0.3 is 11.9 Å². The summed E-state index contributed by atoms with van der Waals surface area (Å²) in [5.74, 6) is -12.0. The Balaban J connectivity index is 6.24. The number of aliphatic hydroxyl groups is 2. The Morgan fingerprint density at radius 1 is 0.514 bits per heavy atom. The van der Waals surface area contributed by atoms with Crippen LogP contribution in [-0.4, -0.2) is 171 Å². The van der Waals surface area contributed by atoms with Crippen molar-refractivity contribution in [1.29, 1.82) is 0 Å². The monoisotopic (exact) mass is 1020 g/mol. The van der Waals surface area contributed by atoms with Crippen LogP contribution < -0.4 is 53.6 Å². The Morgan fingerprint density at radius 2 is 0.957 bits per heavy atom. The minimum Gasteiger partial charge on any atom is -0.481 e. The molecule has 0 aliphatic heterocycles. The van der Waals surface area contributed by atoms with Crippen molar-refractivity contribution < 1.29 is 73.2 Å². The molecule has 0 aliphatic carbocycles. The zero-order valence-corrected chi connectivity index (χ0v) is 42.8. The van der Waals surface area contributed by atoms with Crippen molar-refractivity contribution in [2.45, 2.75) is 162 Å². The van der Waals surface area contributed by atoms with E-state index >= 15 is 0 Å². The fourth-order valence-electron chi connectivity index (χ4n) is 6.59. The molecule has 0 saturated carbocycles. The van der Waals surface area contributed by atoms with Crippen LogP contribution in [0.2, 0.25) is 0 Å². The maximum atomic E-state index is 13.8. The largest absolute Gasteiger partial charge is 0.481 e. The van der Waals surface area contributed by atoms with E-state index in [2.05, 4.69) is 47.9 Å². The number of nitrogens with two attached hydrogens (primary N) is 1. The minimum atomic E-state index is -1.75. The van der Waals surface area contributed by atoms with Gasteiger partial charge in [0.2, 0.25) is 53.2 Å². The summed E-state index contributed by atoms with van der Waals surface area (Å²) in [6, 6.07) is -11.3. The van der Waals surface area contributed by atoms with Crippen molar-refractivity contribution in [2.24, 2.45) is 29.4 Å². The third-order valence-corrected chi connectivity index (χ3v) is 11.5. The molecule has 0 aliphatic rings. The summed E-state index contributed by atoms with van der Waals surface area (Å²) in [6.07, 6.45) is -1.93. The van der Waals surface area contributed by atoms with E-state index in [-0.39, 0.29) is 31.2 Å². The molecule has 70 heavy (non-hydrogen) atoms. The number of rotatable bonds is 33. The van der Waals surface area contributed by atoms with E-state index in [1.165, 1.54) is 25.6 Å². The van der Waals surface area contributed by atoms with Gasteiger partial charge < -0.3 is 74.0 Å². The molecule has 0 aromatic rings. The van der Waals surface area contributed by atoms with Gasteiger partial charge in [0.1, 0.15) is 48.3 Å². The molecular formula is C44H78N10O15S. The first-order chi connectivity index (χ1) is 32.5. The maximum Gasteiger partial charge on any atom is 0.326 e. The summed E-state index contributed by atoms with van der Waals surface area (Å²) in [6.45, 7) is 14.5. The number of carboxylic acids is 2. The zero-order valence-electron chi connectivity index (χ0n) is 42.0. The van der Waals surface area contributed by atoms with Gasteiger partial charge in [0.25, 0.3) is 0 Å². The van der Waals surface area contributed by atoms with Gasteiger partial charge in [0.15, 0.2) is 0 Å². The lowest BCUT2D eigenvalue weighted by Gasteiger charge is -2.29. The quantitative estimate of drug-likeness (QED) is 0.0308. The number of thioether (sulfide) groups is 1. The van der Waals surface area contributed by atoms with Crippen LogP contribution in [0.1, 0.15) is 101 Å². The normalized spacial score (nSPS) is 16.0. The average Bonchev–Trinajstić information content (AvgIpc) is 3.27. The third kappa shape index (κ3) is 23.3. The van der Waals surface area contributed by atoms with Crippen LogP contribution >= 0.6 is 11.8 Å². The Kier molecular flexibility index (Phi) is 29.7. The Hall–Kier alpha value is -5.60. The fourth-order valence-corrected chi connectivity index (χ4v) is 7.06. The predicted octanol–water partition coefficient (Wildman–Crippen LogP) is -3.19. The zero-order chi connectivity index (χ0) is 54.2. The van der Waals surface area contributed by atoms with Gasteiger partial charge in [-0.15, -0.1) is 0 Å². The van der Waals surface area contributed by atoms with Crippen molar-refractivity contribution in [1.82, 2.24) is 47.9 Å². The molecule has 0 fully saturated rings. The molecule has 400 valence electrons. The average molecular weight is 1020 g/mol. The molecule has 0 heterocycles. The van der Waals surface area contributed by atoms with E-state index in [1.54, 1.807) is 47.8 Å². The van der Waals surface area contributed by atoms with Crippen LogP contribution in [0.4, 0.5) is 0 Å². The summed E-state index contributed by atoms with van der Waals surface area (Å²) in [7, 11) is 0. The number of nitrogens with one attached hydrogen (secondary N) is 9. The van der Waals surface area contributed by atoms with Crippen molar-refractivity contribution >= 4 is 76.9 Å². The number of hydrogen-bond donors (Lipinski definition) is 14. The molecule has 0 saturated heterocycles. The molecule has 26 heteroatoms. The number of aliphatic hydroxyl groups excluding tert-OH is 2. The van der Waals surface area contributed by atoms with Gasteiger partial charge in [-0.25, -0.2) is 4.79 Å². The summed E-state index contributed by atoms with van der Waals surface area (Å²) in [4.78, 5) is 143. The van der Waals surface area contributed by atoms with E-state index in [0.29, 0.717) is 12.2 Å². The Labute approximate surface area is 413 Å². The Morgan fingerprint density at radius 3 is 1.40 bits per heavy atom. The Bertz CT molecular complexity index is 1800. The van der Waals surface area contributed by atoms with Crippen LogP contribution in [0, 0.1) is 23.7 Å². The van der Waals surface area contributed by atoms with Gasteiger partial charge in [-0.05, 0) is 68.8 Å². The topological polar surface area (TPSA) is 403 Å². The number of hydrogen-bond acceptors (Lipinski definition) is 15. The highest BCUT2D eigenvalue weighted by Gasteiger charge is 2.37. The first-order valence-corrected chi connectivity index (χ1v) is 24.6. The molecule has 25 nitrogen and oxygen atoms in total. The molecular weight excluding hydrogens is 941 g/mol. The van der Waals surface area contributed by atoms with Gasteiger partial charge in [-0.1, -0.05) is 61.8 Å². The van der Waals surface area contributed by atoms with E-state index in [0.717, 1.165) is 13.8 Å². The molecule has 0 aromatic carbocycles. The van der Waals surface area contributed by atoms with Crippen LogP contribution in [0.5, 0.6) is 0 Å². The molecule has 9 amide bonds. The number of carboxylic acid groups (broad SMARTS) is 2. The second-order valence-corrected chi connectivity index (χ2v) is 19.2. The van der Waals surface area contributed by atoms with Gasteiger partial charge in [0, 0.05) is 6.42 Å². The van der Waals surface area contributed by atoms with Crippen LogP contribution in [0.15, 0.2) is 0 Å². The first-order valence-electron chi connectivity index (χ1n) is 23.2. The second-order valence-electron chi connectivity index (χ2n) is 18.2. The summed E-state index contributed by atoms with van der Waals surface area (Å²) < 4.78 is 0. The van der Waals surface area contributed by atoms with E-state index in [9.17, 15) is 73.2 Å². The van der Waals surface area contributed by atoms with Gasteiger partial charge in [0.05, 0.1) is 25.3 Å². The lowest BCUT2D eigenvalue weighted by atomic mass is 9.96. The second kappa shape index (κ2) is 32.3. The maximum absolute atomic E-state index is 13.8. The van der Waals surface area contributed by atoms with Crippen LogP contribution in [0.25, 0.3) is 0 Å². The number of amides is 9. The molecule has 0 unspecified atom stereocenters. The first kappa shape index (κ1) is 64.4. The third-order valence-electron chi connectivity index (χ3n) is 10.9. The van der Waals surface area contributed by atoms with Crippen molar-refractivity contribution in [3.05, 3.63) is 0 Å². The fraction of sp³-hybridized carbons (Fsp3) is 0.750. The highest BCUT2D eigenvalue weighted by molar-refractivity contribution is 7.98. The molecule has 0 bridgehead atoms. The van der Waals surface area contributed by atoms with Crippen molar-refractivity contribution in [2.75, 3.05) is 25.1 Å². The number of carbonyl (C=O) groups is 11. The van der Waals surface area contributed by atoms with Crippen molar-refractivity contribution in [3.8, 4) is 0 Å². The highest BCUT2D eigenvalue weighted by Crippen LogP contribution is 2.13. The van der Waals surface area contributed by atoms with E-state index in [1.807, 2.05) is 0 Å². The van der Waals surface area contributed by atoms with Crippen LogP contribution in [0.3, 0.4) is 0 Å². The van der Waals surface area contributed by atoms with Crippen molar-refractivity contribution in [3.63, 3.8) is 0 Å². The number of carbonyl (C=O) groups excluding carboxylic acids is 9. The summed E-state index contributed by atoms with van der Waals surface area (Å²) >= 11 is 1.31.